The fourth-order valence-electron chi connectivity index (χ4n) is 3.30. The average Bonchev–Trinajstić information content (AvgIpc) is 3.10. The minimum Gasteiger partial charge on any atom is -0.457 e. The highest BCUT2D eigenvalue weighted by Crippen LogP contribution is 2.32. The highest BCUT2D eigenvalue weighted by atomic mass is 32.2. The van der Waals surface area contributed by atoms with Crippen LogP contribution in [0.2, 0.25) is 0 Å². The maximum atomic E-state index is 14.0. The third-order valence-electron chi connectivity index (χ3n) is 4.87. The standard InChI is InChI=1S/C25H22FN3O3S/c1-2-29-24(31)22(33-25(29)28-21-14-7-6-13-20(21)26)16-23(30)27-17-9-8-12-19(15-17)32-18-10-4-3-5-11-18/h3-15,22H,2,16H2,1H3,(H,27,30). The Balaban J connectivity index is 1.42. The molecule has 0 radical (unpaired) electrons. The molecule has 1 saturated heterocycles. The summed E-state index contributed by atoms with van der Waals surface area (Å²) in [4.78, 5) is 31.3. The molecule has 1 unspecified atom stereocenters. The van der Waals surface area contributed by atoms with Crippen LogP contribution >= 0.6 is 11.8 Å². The van der Waals surface area contributed by atoms with E-state index >= 15 is 0 Å². The van der Waals surface area contributed by atoms with E-state index in [1.807, 2.05) is 37.3 Å². The van der Waals surface area contributed by atoms with Crippen LogP contribution in [0.25, 0.3) is 0 Å². The topological polar surface area (TPSA) is 71.0 Å². The SMILES string of the molecule is CCN1C(=O)C(CC(=O)Nc2cccc(Oc3ccccc3)c2)SC1=Nc1ccccc1F. The number of amides is 2. The lowest BCUT2D eigenvalue weighted by atomic mass is 10.2. The summed E-state index contributed by atoms with van der Waals surface area (Å²) >= 11 is 1.17. The van der Waals surface area contributed by atoms with E-state index < -0.39 is 11.1 Å². The quantitative estimate of drug-likeness (QED) is 0.495. The Hall–Kier alpha value is -3.65. The largest absolute Gasteiger partial charge is 0.457 e. The maximum Gasteiger partial charge on any atom is 0.242 e. The number of nitrogens with zero attached hydrogens (tertiary/aromatic N) is 2. The molecule has 1 fully saturated rings. The van der Waals surface area contributed by atoms with Gasteiger partial charge < -0.3 is 10.1 Å². The molecule has 0 aromatic heterocycles. The van der Waals surface area contributed by atoms with E-state index in [4.69, 9.17) is 4.74 Å². The number of nitrogens with one attached hydrogen (secondary N) is 1. The molecule has 3 aromatic carbocycles. The minimum atomic E-state index is -0.626. The molecule has 3 aromatic rings. The molecule has 0 saturated carbocycles. The summed E-state index contributed by atoms with van der Waals surface area (Å²) in [5.41, 5.74) is 0.725. The molecule has 1 heterocycles. The molecule has 0 aliphatic carbocycles. The maximum absolute atomic E-state index is 14.0. The van der Waals surface area contributed by atoms with Crippen molar-refractivity contribution in [2.75, 3.05) is 11.9 Å². The van der Waals surface area contributed by atoms with Crippen LogP contribution in [0.3, 0.4) is 0 Å². The van der Waals surface area contributed by atoms with Gasteiger partial charge >= 0.3 is 0 Å². The number of thioether (sulfide) groups is 1. The summed E-state index contributed by atoms with van der Waals surface area (Å²) in [6, 6.07) is 22.5. The lowest BCUT2D eigenvalue weighted by molar-refractivity contribution is -0.128. The Morgan fingerprint density at radius 1 is 1.06 bits per heavy atom. The van der Waals surface area contributed by atoms with Gasteiger partial charge in [-0.2, -0.15) is 0 Å². The number of hydrogen-bond acceptors (Lipinski definition) is 5. The van der Waals surface area contributed by atoms with E-state index in [1.54, 1.807) is 42.5 Å². The van der Waals surface area contributed by atoms with Crippen molar-refractivity contribution in [3.63, 3.8) is 0 Å². The van der Waals surface area contributed by atoms with E-state index in [0.29, 0.717) is 28.9 Å². The number of anilines is 1. The van der Waals surface area contributed by atoms with E-state index in [1.165, 1.54) is 22.7 Å². The molecule has 1 aliphatic rings. The molecule has 168 valence electrons. The number of ether oxygens (including phenoxy) is 1. The van der Waals surface area contributed by atoms with Crippen molar-refractivity contribution in [2.24, 2.45) is 4.99 Å². The number of rotatable bonds is 7. The van der Waals surface area contributed by atoms with Gasteiger partial charge in [-0.3, -0.25) is 14.5 Å². The van der Waals surface area contributed by atoms with Gasteiger partial charge in [-0.1, -0.05) is 48.2 Å². The summed E-state index contributed by atoms with van der Waals surface area (Å²) in [5.74, 6) is 0.291. The zero-order valence-corrected chi connectivity index (χ0v) is 18.7. The Kier molecular flexibility index (Phi) is 7.04. The lowest BCUT2D eigenvalue weighted by Gasteiger charge is -2.13. The monoisotopic (exact) mass is 463 g/mol. The van der Waals surface area contributed by atoms with Crippen LogP contribution < -0.4 is 10.1 Å². The molecule has 33 heavy (non-hydrogen) atoms. The summed E-state index contributed by atoms with van der Waals surface area (Å²) in [5, 5.41) is 2.59. The molecule has 1 atom stereocenters. The molecule has 4 rings (SSSR count). The second-order valence-electron chi connectivity index (χ2n) is 7.23. The molecule has 2 amide bonds. The summed E-state index contributed by atoms with van der Waals surface area (Å²) in [6.07, 6.45) is -0.0277. The van der Waals surface area contributed by atoms with Gasteiger partial charge in [-0.15, -0.1) is 0 Å². The first-order chi connectivity index (χ1) is 16.0. The van der Waals surface area contributed by atoms with Crippen LogP contribution in [0.4, 0.5) is 15.8 Å². The Morgan fingerprint density at radius 3 is 2.55 bits per heavy atom. The fourth-order valence-corrected chi connectivity index (χ4v) is 4.52. The normalized spacial score (nSPS) is 16.8. The third kappa shape index (κ3) is 5.59. The average molecular weight is 464 g/mol. The summed E-state index contributed by atoms with van der Waals surface area (Å²) in [6.45, 7) is 2.20. The Labute approximate surface area is 195 Å². The van der Waals surface area contributed by atoms with E-state index in [9.17, 15) is 14.0 Å². The molecule has 0 bridgehead atoms. The number of benzene rings is 3. The molecular weight excluding hydrogens is 441 g/mol. The zero-order chi connectivity index (χ0) is 23.2. The molecule has 8 heteroatoms. The second-order valence-corrected chi connectivity index (χ2v) is 8.40. The second kappa shape index (κ2) is 10.3. The first-order valence-electron chi connectivity index (χ1n) is 10.5. The van der Waals surface area contributed by atoms with Gasteiger partial charge in [0.1, 0.15) is 28.3 Å². The molecule has 0 spiro atoms. The van der Waals surface area contributed by atoms with Crippen molar-refractivity contribution in [3.8, 4) is 11.5 Å². The van der Waals surface area contributed by atoms with Crippen molar-refractivity contribution in [3.05, 3.63) is 84.7 Å². The van der Waals surface area contributed by atoms with Crippen LogP contribution in [0.15, 0.2) is 83.9 Å². The third-order valence-corrected chi connectivity index (χ3v) is 6.05. The Morgan fingerprint density at radius 2 is 1.79 bits per heavy atom. The van der Waals surface area contributed by atoms with Gasteiger partial charge in [0.15, 0.2) is 5.17 Å². The first-order valence-corrected chi connectivity index (χ1v) is 11.4. The van der Waals surface area contributed by atoms with Crippen LogP contribution in [0.1, 0.15) is 13.3 Å². The number of carbonyl (C=O) groups excluding carboxylic acids is 2. The summed E-state index contributed by atoms with van der Waals surface area (Å²) in [7, 11) is 0. The van der Waals surface area contributed by atoms with Crippen LogP contribution in [0.5, 0.6) is 11.5 Å². The van der Waals surface area contributed by atoms with E-state index in [2.05, 4.69) is 10.3 Å². The highest BCUT2D eigenvalue weighted by molar-refractivity contribution is 8.15. The van der Waals surface area contributed by atoms with Crippen LogP contribution in [-0.2, 0) is 9.59 Å². The van der Waals surface area contributed by atoms with Crippen LogP contribution in [-0.4, -0.2) is 33.7 Å². The molecular formula is C25H22FN3O3S. The van der Waals surface area contributed by atoms with Crippen molar-refractivity contribution < 1.29 is 18.7 Å². The van der Waals surface area contributed by atoms with Gasteiger partial charge in [0, 0.05) is 24.7 Å². The molecule has 1 aliphatic heterocycles. The first kappa shape index (κ1) is 22.5. The lowest BCUT2D eigenvalue weighted by Crippen LogP contribution is -2.33. The van der Waals surface area contributed by atoms with Gasteiger partial charge in [0.05, 0.1) is 0 Å². The van der Waals surface area contributed by atoms with Crippen molar-refractivity contribution in [1.29, 1.82) is 0 Å². The fraction of sp³-hybridized carbons (Fsp3) is 0.160. The number of amidine groups is 1. The zero-order valence-electron chi connectivity index (χ0n) is 17.9. The number of aliphatic imine (C=N–C) groups is 1. The van der Waals surface area contributed by atoms with Crippen LogP contribution in [0, 0.1) is 5.82 Å². The number of hydrogen-bond donors (Lipinski definition) is 1. The molecule has 6 nitrogen and oxygen atoms in total. The number of halogens is 1. The van der Waals surface area contributed by atoms with Crippen molar-refractivity contribution in [1.82, 2.24) is 4.90 Å². The van der Waals surface area contributed by atoms with Crippen molar-refractivity contribution >= 4 is 40.1 Å². The van der Waals surface area contributed by atoms with Gasteiger partial charge in [0.25, 0.3) is 0 Å². The van der Waals surface area contributed by atoms with Gasteiger partial charge in [0.2, 0.25) is 11.8 Å². The minimum absolute atomic E-state index is 0.0277. The van der Waals surface area contributed by atoms with Gasteiger partial charge in [-0.25, -0.2) is 9.38 Å². The smallest absolute Gasteiger partial charge is 0.242 e. The van der Waals surface area contributed by atoms with Gasteiger partial charge in [-0.05, 0) is 43.3 Å². The molecule has 1 N–H and O–H groups in total. The highest BCUT2D eigenvalue weighted by Gasteiger charge is 2.38. The number of carbonyl (C=O) groups is 2. The predicted molar refractivity (Wildman–Crippen MR) is 128 cm³/mol. The number of para-hydroxylation sites is 2. The predicted octanol–water partition coefficient (Wildman–Crippen LogP) is 5.60. The summed E-state index contributed by atoms with van der Waals surface area (Å²) < 4.78 is 19.8. The van der Waals surface area contributed by atoms with Crippen molar-refractivity contribution in [2.45, 2.75) is 18.6 Å². The van der Waals surface area contributed by atoms with E-state index in [0.717, 1.165) is 0 Å². The van der Waals surface area contributed by atoms with E-state index in [-0.39, 0.29) is 23.9 Å². The Bertz CT molecular complexity index is 1190.